The van der Waals surface area contributed by atoms with Gasteiger partial charge in [-0.25, -0.2) is 12.8 Å². The van der Waals surface area contributed by atoms with Gasteiger partial charge < -0.3 is 10.2 Å². The highest BCUT2D eigenvalue weighted by Gasteiger charge is 2.33. The summed E-state index contributed by atoms with van der Waals surface area (Å²) in [5.74, 6) is -0.196. The first-order chi connectivity index (χ1) is 15.9. The van der Waals surface area contributed by atoms with Crippen LogP contribution in [0.15, 0.2) is 53.4 Å². The average Bonchev–Trinajstić information content (AvgIpc) is 3.32. The van der Waals surface area contributed by atoms with E-state index in [1.54, 1.807) is 24.3 Å². The first-order valence-electron chi connectivity index (χ1n) is 11.2. The number of anilines is 1. The SMILES string of the molecule is N#Cc1ccccc1S(=O)(=O)N1CCC(C(=O)NCC2CCN(c3ccc(F)cc3)C2)CC1. The van der Waals surface area contributed by atoms with Crippen molar-refractivity contribution in [1.82, 2.24) is 9.62 Å². The lowest BCUT2D eigenvalue weighted by Crippen LogP contribution is -2.44. The van der Waals surface area contributed by atoms with E-state index < -0.39 is 10.0 Å². The van der Waals surface area contributed by atoms with Gasteiger partial charge in [0.25, 0.3) is 0 Å². The van der Waals surface area contributed by atoms with Crippen LogP contribution in [-0.2, 0) is 14.8 Å². The van der Waals surface area contributed by atoms with Crippen LogP contribution in [0.1, 0.15) is 24.8 Å². The molecule has 2 aliphatic rings. The van der Waals surface area contributed by atoms with Gasteiger partial charge in [-0.1, -0.05) is 12.1 Å². The lowest BCUT2D eigenvalue weighted by atomic mass is 9.97. The molecule has 0 aliphatic carbocycles. The number of nitrogens with zero attached hydrogens (tertiary/aromatic N) is 3. The second kappa shape index (κ2) is 9.89. The zero-order valence-electron chi connectivity index (χ0n) is 18.3. The summed E-state index contributed by atoms with van der Waals surface area (Å²) in [6, 6.07) is 14.6. The molecule has 1 atom stereocenters. The normalized spacial score (nSPS) is 19.9. The molecule has 9 heteroatoms. The summed E-state index contributed by atoms with van der Waals surface area (Å²) in [6.07, 6.45) is 1.85. The molecule has 33 heavy (non-hydrogen) atoms. The Bertz CT molecular complexity index is 1140. The van der Waals surface area contributed by atoms with E-state index in [0.29, 0.717) is 25.3 Å². The summed E-state index contributed by atoms with van der Waals surface area (Å²) in [5.41, 5.74) is 1.11. The molecule has 1 N–H and O–H groups in total. The molecule has 4 rings (SSSR count). The zero-order chi connectivity index (χ0) is 23.4. The number of hydrogen-bond donors (Lipinski definition) is 1. The highest BCUT2D eigenvalue weighted by atomic mass is 32.2. The minimum Gasteiger partial charge on any atom is -0.371 e. The lowest BCUT2D eigenvalue weighted by molar-refractivity contribution is -0.126. The second-order valence-corrected chi connectivity index (χ2v) is 10.5. The molecule has 2 aliphatic heterocycles. The van der Waals surface area contributed by atoms with Gasteiger partial charge in [-0.05, 0) is 61.6 Å². The van der Waals surface area contributed by atoms with Crippen molar-refractivity contribution >= 4 is 21.6 Å². The summed E-state index contributed by atoms with van der Waals surface area (Å²) in [7, 11) is -3.76. The summed E-state index contributed by atoms with van der Waals surface area (Å²) >= 11 is 0. The topological polar surface area (TPSA) is 93.5 Å². The number of carbonyl (C=O) groups excluding carboxylic acids is 1. The van der Waals surface area contributed by atoms with Gasteiger partial charge in [0, 0.05) is 44.3 Å². The second-order valence-electron chi connectivity index (χ2n) is 8.61. The van der Waals surface area contributed by atoms with E-state index in [9.17, 15) is 22.9 Å². The number of piperidine rings is 1. The number of hydrogen-bond acceptors (Lipinski definition) is 5. The lowest BCUT2D eigenvalue weighted by Gasteiger charge is -2.31. The van der Waals surface area contributed by atoms with Crippen molar-refractivity contribution in [3.8, 4) is 6.07 Å². The minimum absolute atomic E-state index is 0.0161. The van der Waals surface area contributed by atoms with Gasteiger partial charge in [0.15, 0.2) is 0 Å². The van der Waals surface area contributed by atoms with Crippen LogP contribution in [0, 0.1) is 29.0 Å². The minimum atomic E-state index is -3.76. The third kappa shape index (κ3) is 5.18. The maximum atomic E-state index is 13.1. The quantitative estimate of drug-likeness (QED) is 0.701. The van der Waals surface area contributed by atoms with Gasteiger partial charge in [0.05, 0.1) is 10.5 Å². The van der Waals surface area contributed by atoms with Crippen LogP contribution in [0.3, 0.4) is 0 Å². The first-order valence-corrected chi connectivity index (χ1v) is 12.6. The van der Waals surface area contributed by atoms with Gasteiger partial charge in [-0.2, -0.15) is 9.57 Å². The Kier molecular flexibility index (Phi) is 6.96. The molecular weight excluding hydrogens is 443 g/mol. The predicted molar refractivity (Wildman–Crippen MR) is 122 cm³/mol. The standard InChI is InChI=1S/C24H27FN4O3S/c25-21-5-7-22(8-6-21)28-12-9-18(17-28)16-27-24(30)19-10-13-29(14-11-19)33(31,32)23-4-2-1-3-20(23)15-26/h1-8,18-19H,9-14,16-17H2,(H,27,30). The van der Waals surface area contributed by atoms with E-state index in [4.69, 9.17) is 0 Å². The van der Waals surface area contributed by atoms with E-state index in [1.807, 2.05) is 6.07 Å². The third-order valence-electron chi connectivity index (χ3n) is 6.49. The van der Waals surface area contributed by atoms with Gasteiger partial charge in [0.2, 0.25) is 15.9 Å². The monoisotopic (exact) mass is 470 g/mol. The predicted octanol–water partition coefficient (Wildman–Crippen LogP) is 2.74. The Morgan fingerprint density at radius 1 is 1.06 bits per heavy atom. The van der Waals surface area contributed by atoms with Crippen molar-refractivity contribution < 1.29 is 17.6 Å². The summed E-state index contributed by atoms with van der Waals surface area (Å²) in [4.78, 5) is 14.9. The smallest absolute Gasteiger partial charge is 0.244 e. The van der Waals surface area contributed by atoms with Gasteiger partial charge >= 0.3 is 0 Å². The van der Waals surface area contributed by atoms with Crippen molar-refractivity contribution in [2.45, 2.75) is 24.2 Å². The fraction of sp³-hybridized carbons (Fsp3) is 0.417. The van der Waals surface area contributed by atoms with Crippen LogP contribution < -0.4 is 10.2 Å². The Balaban J connectivity index is 1.26. The van der Waals surface area contributed by atoms with E-state index in [-0.39, 0.29) is 41.2 Å². The molecular formula is C24H27FN4O3S. The van der Waals surface area contributed by atoms with Crippen molar-refractivity contribution in [2.75, 3.05) is 37.6 Å². The Labute approximate surface area is 193 Å². The van der Waals surface area contributed by atoms with Gasteiger partial charge in [-0.3, -0.25) is 4.79 Å². The molecule has 0 spiro atoms. The number of carbonyl (C=O) groups is 1. The third-order valence-corrected chi connectivity index (χ3v) is 8.45. The molecule has 0 saturated carbocycles. The molecule has 1 unspecified atom stereocenters. The van der Waals surface area contributed by atoms with Crippen molar-refractivity contribution in [2.24, 2.45) is 11.8 Å². The number of halogens is 1. The summed E-state index contributed by atoms with van der Waals surface area (Å²) in [5, 5.41) is 12.3. The van der Waals surface area contributed by atoms with E-state index in [1.165, 1.54) is 28.6 Å². The van der Waals surface area contributed by atoms with Crippen LogP contribution in [0.25, 0.3) is 0 Å². The van der Waals surface area contributed by atoms with Crippen LogP contribution >= 0.6 is 0 Å². The largest absolute Gasteiger partial charge is 0.371 e. The molecule has 2 fully saturated rings. The Morgan fingerprint density at radius 3 is 2.45 bits per heavy atom. The fourth-order valence-corrected chi connectivity index (χ4v) is 6.17. The number of nitrogens with one attached hydrogen (secondary N) is 1. The first kappa shape index (κ1) is 23.2. The number of amides is 1. The molecule has 0 radical (unpaired) electrons. The molecule has 2 heterocycles. The molecule has 0 aromatic heterocycles. The maximum absolute atomic E-state index is 13.1. The number of nitriles is 1. The zero-order valence-corrected chi connectivity index (χ0v) is 19.1. The van der Waals surface area contributed by atoms with Gasteiger partial charge in [-0.15, -0.1) is 0 Å². The van der Waals surface area contributed by atoms with Gasteiger partial charge in [0.1, 0.15) is 11.9 Å². The highest BCUT2D eigenvalue weighted by Crippen LogP contribution is 2.27. The molecule has 2 aromatic carbocycles. The summed E-state index contributed by atoms with van der Waals surface area (Å²) in [6.45, 7) is 2.75. The molecule has 2 saturated heterocycles. The molecule has 2 aromatic rings. The highest BCUT2D eigenvalue weighted by molar-refractivity contribution is 7.89. The molecule has 0 bridgehead atoms. The van der Waals surface area contributed by atoms with E-state index in [0.717, 1.165) is 25.2 Å². The Morgan fingerprint density at radius 2 is 1.76 bits per heavy atom. The fourth-order valence-electron chi connectivity index (χ4n) is 4.56. The maximum Gasteiger partial charge on any atom is 0.244 e. The average molecular weight is 471 g/mol. The summed E-state index contributed by atoms with van der Waals surface area (Å²) < 4.78 is 40.4. The van der Waals surface area contributed by atoms with Crippen LogP contribution in [0.5, 0.6) is 0 Å². The van der Waals surface area contributed by atoms with E-state index >= 15 is 0 Å². The number of benzene rings is 2. The van der Waals surface area contributed by atoms with Crippen molar-refractivity contribution in [3.05, 3.63) is 59.9 Å². The number of rotatable bonds is 6. The van der Waals surface area contributed by atoms with Crippen LogP contribution in [-0.4, -0.2) is 51.4 Å². The molecule has 174 valence electrons. The molecule has 1 amide bonds. The van der Waals surface area contributed by atoms with E-state index in [2.05, 4.69) is 10.2 Å². The van der Waals surface area contributed by atoms with Crippen molar-refractivity contribution in [3.63, 3.8) is 0 Å². The Hall–Kier alpha value is -2.96. The van der Waals surface area contributed by atoms with Crippen LogP contribution in [0.2, 0.25) is 0 Å². The van der Waals surface area contributed by atoms with Crippen LogP contribution in [0.4, 0.5) is 10.1 Å². The van der Waals surface area contributed by atoms with Crippen molar-refractivity contribution in [1.29, 1.82) is 5.26 Å². The number of sulfonamides is 1. The molecule has 7 nitrogen and oxygen atoms in total.